The van der Waals surface area contributed by atoms with Crippen LogP contribution in [0.1, 0.15) is 42.0 Å². The number of aryl methyl sites for hydroxylation is 2. The average Bonchev–Trinajstić information content (AvgIpc) is 3.34. The van der Waals surface area contributed by atoms with E-state index in [1.165, 1.54) is 4.90 Å². The second-order valence-corrected chi connectivity index (χ2v) is 9.57. The Bertz CT molecular complexity index is 1160. The van der Waals surface area contributed by atoms with Gasteiger partial charge in [-0.05, 0) is 49.9 Å². The standard InChI is InChI=1S/C26H29N3O4/c1-4-5-10-29-23(31)20-19(13-16-6-8-17(30)9-7-16)28-26(21(20)24(29)32)18-12-14(2)11-15(3)22(18)27-25(26)33/h6-9,11-12,19-21,28,30H,4-5,10,13H2,1-3H3,(H,27,33). The molecule has 3 amide bonds. The fraction of sp³-hybridized carbons (Fsp3) is 0.423. The molecule has 3 aliphatic heterocycles. The summed E-state index contributed by atoms with van der Waals surface area (Å²) in [5.41, 5.74) is 3.08. The minimum Gasteiger partial charge on any atom is -0.508 e. The number of nitrogens with zero attached hydrogens (tertiary/aromatic N) is 1. The quantitative estimate of drug-likeness (QED) is 0.613. The molecule has 2 aromatic carbocycles. The summed E-state index contributed by atoms with van der Waals surface area (Å²) in [5.74, 6) is -1.97. The predicted molar refractivity (Wildman–Crippen MR) is 124 cm³/mol. The number of phenolic OH excluding ortho intramolecular Hbond substituents is 1. The molecule has 33 heavy (non-hydrogen) atoms. The molecule has 2 aromatic rings. The third-order valence-electron chi connectivity index (χ3n) is 7.38. The number of carbonyl (C=O) groups is 3. The number of nitrogens with one attached hydrogen (secondary N) is 2. The van der Waals surface area contributed by atoms with Gasteiger partial charge >= 0.3 is 0 Å². The molecule has 5 rings (SSSR count). The fourth-order valence-corrected chi connectivity index (χ4v) is 5.92. The zero-order valence-electron chi connectivity index (χ0n) is 19.1. The van der Waals surface area contributed by atoms with Gasteiger partial charge in [-0.2, -0.15) is 0 Å². The first-order valence-corrected chi connectivity index (χ1v) is 11.6. The summed E-state index contributed by atoms with van der Waals surface area (Å²) in [7, 11) is 0. The molecule has 172 valence electrons. The van der Waals surface area contributed by atoms with Crippen LogP contribution < -0.4 is 10.6 Å². The number of fused-ring (bicyclic) bond motifs is 4. The number of hydrogen-bond donors (Lipinski definition) is 3. The Morgan fingerprint density at radius 1 is 1.06 bits per heavy atom. The van der Waals surface area contributed by atoms with Crippen LogP contribution in [-0.2, 0) is 26.3 Å². The number of carbonyl (C=O) groups excluding carboxylic acids is 3. The van der Waals surface area contributed by atoms with E-state index in [4.69, 9.17) is 0 Å². The number of hydrogen-bond acceptors (Lipinski definition) is 5. The summed E-state index contributed by atoms with van der Waals surface area (Å²) in [6.07, 6.45) is 2.08. The zero-order valence-corrected chi connectivity index (χ0v) is 19.1. The number of imide groups is 1. The molecular weight excluding hydrogens is 418 g/mol. The van der Waals surface area contributed by atoms with Gasteiger partial charge in [-0.3, -0.25) is 24.6 Å². The number of amides is 3. The van der Waals surface area contributed by atoms with Crippen molar-refractivity contribution in [3.05, 3.63) is 58.7 Å². The van der Waals surface area contributed by atoms with Gasteiger partial charge in [0.2, 0.25) is 17.7 Å². The number of anilines is 1. The highest BCUT2D eigenvalue weighted by atomic mass is 16.3. The highest BCUT2D eigenvalue weighted by molar-refractivity contribution is 6.15. The third kappa shape index (κ3) is 3.09. The van der Waals surface area contributed by atoms with E-state index < -0.39 is 17.4 Å². The Morgan fingerprint density at radius 2 is 1.79 bits per heavy atom. The van der Waals surface area contributed by atoms with E-state index in [9.17, 15) is 19.5 Å². The molecule has 4 unspecified atom stereocenters. The van der Waals surface area contributed by atoms with Crippen LogP contribution in [0.5, 0.6) is 5.75 Å². The van der Waals surface area contributed by atoms with Gasteiger partial charge in [0, 0.05) is 23.8 Å². The van der Waals surface area contributed by atoms with E-state index in [0.29, 0.717) is 13.0 Å². The van der Waals surface area contributed by atoms with Crippen molar-refractivity contribution >= 4 is 23.4 Å². The Hall–Kier alpha value is -3.19. The van der Waals surface area contributed by atoms with Crippen molar-refractivity contribution in [2.24, 2.45) is 11.8 Å². The first-order chi connectivity index (χ1) is 15.8. The summed E-state index contributed by atoms with van der Waals surface area (Å²) in [6.45, 7) is 6.32. The fourth-order valence-electron chi connectivity index (χ4n) is 5.92. The molecule has 7 nitrogen and oxygen atoms in total. The first-order valence-electron chi connectivity index (χ1n) is 11.6. The molecule has 0 saturated carbocycles. The average molecular weight is 448 g/mol. The summed E-state index contributed by atoms with van der Waals surface area (Å²) >= 11 is 0. The molecule has 4 atom stereocenters. The summed E-state index contributed by atoms with van der Waals surface area (Å²) in [6, 6.07) is 10.4. The Kier molecular flexibility index (Phi) is 5.05. The highest BCUT2D eigenvalue weighted by Crippen LogP contribution is 2.54. The molecule has 3 heterocycles. The van der Waals surface area contributed by atoms with Crippen LogP contribution in [-0.4, -0.2) is 40.3 Å². The van der Waals surface area contributed by atoms with Gasteiger partial charge in [0.1, 0.15) is 11.3 Å². The summed E-state index contributed by atoms with van der Waals surface area (Å²) in [5, 5.41) is 16.1. The van der Waals surface area contributed by atoms with Crippen molar-refractivity contribution in [2.45, 2.75) is 51.6 Å². The topological polar surface area (TPSA) is 98.7 Å². The molecule has 3 aliphatic rings. The van der Waals surface area contributed by atoms with Crippen LogP contribution in [0.25, 0.3) is 0 Å². The van der Waals surface area contributed by atoms with Gasteiger partial charge in [-0.25, -0.2) is 0 Å². The largest absolute Gasteiger partial charge is 0.508 e. The summed E-state index contributed by atoms with van der Waals surface area (Å²) in [4.78, 5) is 42.2. The lowest BCUT2D eigenvalue weighted by atomic mass is 9.75. The minimum atomic E-state index is -1.27. The van der Waals surface area contributed by atoms with Crippen LogP contribution >= 0.6 is 0 Å². The lowest BCUT2D eigenvalue weighted by Gasteiger charge is -2.30. The van der Waals surface area contributed by atoms with Crippen LogP contribution in [0.15, 0.2) is 36.4 Å². The predicted octanol–water partition coefficient (Wildman–Crippen LogP) is 2.77. The lowest BCUT2D eigenvalue weighted by Crippen LogP contribution is -2.53. The molecule has 0 radical (unpaired) electrons. The van der Waals surface area contributed by atoms with Crippen molar-refractivity contribution in [2.75, 3.05) is 11.9 Å². The number of benzene rings is 2. The maximum Gasteiger partial charge on any atom is 0.250 e. The van der Waals surface area contributed by atoms with Crippen LogP contribution in [0, 0.1) is 25.7 Å². The molecule has 2 saturated heterocycles. The SMILES string of the molecule is CCCCN1C(=O)C2C(Cc3ccc(O)cc3)NC3(C(=O)Nc4c(C)cc(C)cc43)C2C1=O. The molecule has 3 N–H and O–H groups in total. The van der Waals surface area contributed by atoms with Gasteiger partial charge < -0.3 is 10.4 Å². The second-order valence-electron chi connectivity index (χ2n) is 9.57. The molecular formula is C26H29N3O4. The van der Waals surface area contributed by atoms with Gasteiger partial charge in [0.05, 0.1) is 11.8 Å². The van der Waals surface area contributed by atoms with Crippen molar-refractivity contribution < 1.29 is 19.5 Å². The molecule has 0 bridgehead atoms. The van der Waals surface area contributed by atoms with Gasteiger partial charge in [0.25, 0.3) is 0 Å². The highest BCUT2D eigenvalue weighted by Gasteiger charge is 2.70. The van der Waals surface area contributed by atoms with E-state index in [1.807, 2.05) is 45.0 Å². The van der Waals surface area contributed by atoms with Crippen molar-refractivity contribution in [3.8, 4) is 5.75 Å². The maximum absolute atomic E-state index is 13.7. The molecule has 7 heteroatoms. The Morgan fingerprint density at radius 3 is 2.48 bits per heavy atom. The number of phenols is 1. The van der Waals surface area contributed by atoms with Crippen molar-refractivity contribution in [1.29, 1.82) is 0 Å². The molecule has 2 fully saturated rings. The minimum absolute atomic E-state index is 0.167. The lowest BCUT2D eigenvalue weighted by molar-refractivity contribution is -0.142. The van der Waals surface area contributed by atoms with Crippen molar-refractivity contribution in [3.63, 3.8) is 0 Å². The van der Waals surface area contributed by atoms with Crippen molar-refractivity contribution in [1.82, 2.24) is 10.2 Å². The second kappa shape index (κ2) is 7.70. The molecule has 0 aliphatic carbocycles. The van der Waals surface area contributed by atoms with E-state index in [-0.39, 0.29) is 29.5 Å². The van der Waals surface area contributed by atoms with E-state index in [2.05, 4.69) is 10.6 Å². The zero-order chi connectivity index (χ0) is 23.5. The number of aromatic hydroxyl groups is 1. The number of rotatable bonds is 5. The monoisotopic (exact) mass is 447 g/mol. The van der Waals surface area contributed by atoms with E-state index >= 15 is 0 Å². The molecule has 0 aromatic heterocycles. The van der Waals surface area contributed by atoms with Gasteiger partial charge in [-0.15, -0.1) is 0 Å². The van der Waals surface area contributed by atoms with Crippen LogP contribution in [0.3, 0.4) is 0 Å². The number of unbranched alkanes of at least 4 members (excludes halogenated alkanes) is 1. The van der Waals surface area contributed by atoms with Crippen LogP contribution in [0.2, 0.25) is 0 Å². The van der Waals surface area contributed by atoms with E-state index in [0.717, 1.165) is 40.8 Å². The maximum atomic E-state index is 13.7. The smallest absolute Gasteiger partial charge is 0.250 e. The summed E-state index contributed by atoms with van der Waals surface area (Å²) < 4.78 is 0. The first kappa shape index (κ1) is 21.6. The van der Waals surface area contributed by atoms with Gasteiger partial charge in [-0.1, -0.05) is 43.2 Å². The third-order valence-corrected chi connectivity index (χ3v) is 7.38. The number of likely N-dealkylation sites (tertiary alicyclic amines) is 1. The Balaban J connectivity index is 1.63. The van der Waals surface area contributed by atoms with E-state index in [1.54, 1.807) is 12.1 Å². The Labute approximate surface area is 193 Å². The van der Waals surface area contributed by atoms with Gasteiger partial charge in [0.15, 0.2) is 0 Å². The molecule has 1 spiro atoms. The van der Waals surface area contributed by atoms with Crippen LogP contribution in [0.4, 0.5) is 5.69 Å². The normalized spacial score (nSPS) is 27.9.